The van der Waals surface area contributed by atoms with Gasteiger partial charge in [0.15, 0.2) is 0 Å². The van der Waals surface area contributed by atoms with Gasteiger partial charge in [-0.2, -0.15) is 0 Å². The molecule has 3 N–H and O–H groups in total. The highest BCUT2D eigenvalue weighted by molar-refractivity contribution is 5.94. The van der Waals surface area contributed by atoms with Gasteiger partial charge in [-0.05, 0) is 12.1 Å². The SMILES string of the molecule is COc1ccc(F)c(NC(=O)C(CN)OC)c1. The second-order valence-electron chi connectivity index (χ2n) is 3.30. The van der Waals surface area contributed by atoms with E-state index in [-0.39, 0.29) is 12.2 Å². The first-order valence-corrected chi connectivity index (χ1v) is 4.99. The number of nitrogens with two attached hydrogens (primary N) is 1. The van der Waals surface area contributed by atoms with E-state index in [1.54, 1.807) is 0 Å². The molecule has 1 unspecified atom stereocenters. The summed E-state index contributed by atoms with van der Waals surface area (Å²) in [6.45, 7) is 0.0217. The van der Waals surface area contributed by atoms with Crippen molar-refractivity contribution >= 4 is 11.6 Å². The predicted octanol–water partition coefficient (Wildman–Crippen LogP) is 0.746. The van der Waals surface area contributed by atoms with Crippen molar-refractivity contribution in [3.05, 3.63) is 24.0 Å². The fraction of sp³-hybridized carbons (Fsp3) is 0.364. The summed E-state index contributed by atoms with van der Waals surface area (Å²) < 4.78 is 23.2. The lowest BCUT2D eigenvalue weighted by Gasteiger charge is -2.14. The molecule has 0 saturated carbocycles. The topological polar surface area (TPSA) is 73.6 Å². The molecule has 1 aromatic carbocycles. The summed E-state index contributed by atoms with van der Waals surface area (Å²) >= 11 is 0. The molecule has 0 aliphatic rings. The first-order valence-electron chi connectivity index (χ1n) is 4.99. The quantitative estimate of drug-likeness (QED) is 0.799. The highest BCUT2D eigenvalue weighted by Crippen LogP contribution is 2.21. The molecule has 1 atom stereocenters. The number of hydrogen-bond donors (Lipinski definition) is 2. The molecule has 0 radical (unpaired) electrons. The number of anilines is 1. The molecule has 5 nitrogen and oxygen atoms in total. The average Bonchev–Trinajstić information content (AvgIpc) is 2.33. The van der Waals surface area contributed by atoms with E-state index in [2.05, 4.69) is 5.32 Å². The Kier molecular flexibility index (Phi) is 4.86. The fourth-order valence-electron chi connectivity index (χ4n) is 1.25. The van der Waals surface area contributed by atoms with Gasteiger partial charge in [-0.1, -0.05) is 0 Å². The Morgan fingerprint density at radius 1 is 1.53 bits per heavy atom. The third-order valence-corrected chi connectivity index (χ3v) is 2.22. The molecule has 0 aromatic heterocycles. The van der Waals surface area contributed by atoms with E-state index >= 15 is 0 Å². The molecule has 17 heavy (non-hydrogen) atoms. The highest BCUT2D eigenvalue weighted by atomic mass is 19.1. The molecule has 0 heterocycles. The van der Waals surface area contributed by atoms with Crippen molar-refractivity contribution in [2.75, 3.05) is 26.1 Å². The zero-order chi connectivity index (χ0) is 12.8. The summed E-state index contributed by atoms with van der Waals surface area (Å²) in [6.07, 6.45) is -0.805. The lowest BCUT2D eigenvalue weighted by molar-refractivity contribution is -0.125. The summed E-state index contributed by atoms with van der Waals surface area (Å²) in [5, 5.41) is 2.39. The number of halogens is 1. The second kappa shape index (κ2) is 6.17. The molecular formula is C11H15FN2O3. The largest absolute Gasteiger partial charge is 0.497 e. The number of hydrogen-bond acceptors (Lipinski definition) is 4. The number of carbonyl (C=O) groups excluding carboxylic acids is 1. The third-order valence-electron chi connectivity index (χ3n) is 2.22. The number of methoxy groups -OCH3 is 2. The van der Waals surface area contributed by atoms with E-state index < -0.39 is 17.8 Å². The van der Waals surface area contributed by atoms with Crippen LogP contribution < -0.4 is 15.8 Å². The van der Waals surface area contributed by atoms with Crippen LogP contribution in [-0.4, -0.2) is 32.8 Å². The van der Waals surface area contributed by atoms with Gasteiger partial charge < -0.3 is 20.5 Å². The maximum atomic E-state index is 13.4. The van der Waals surface area contributed by atoms with E-state index in [4.69, 9.17) is 15.2 Å². The van der Waals surface area contributed by atoms with Gasteiger partial charge in [-0.3, -0.25) is 4.79 Å². The summed E-state index contributed by atoms with van der Waals surface area (Å²) in [5.74, 6) is -0.600. The second-order valence-corrected chi connectivity index (χ2v) is 3.30. The lowest BCUT2D eigenvalue weighted by Crippen LogP contribution is -2.36. The Morgan fingerprint density at radius 2 is 2.24 bits per heavy atom. The molecule has 1 rings (SSSR count). The van der Waals surface area contributed by atoms with E-state index in [9.17, 15) is 9.18 Å². The smallest absolute Gasteiger partial charge is 0.254 e. The lowest BCUT2D eigenvalue weighted by atomic mass is 10.2. The van der Waals surface area contributed by atoms with E-state index in [0.717, 1.165) is 0 Å². The van der Waals surface area contributed by atoms with Gasteiger partial charge in [-0.15, -0.1) is 0 Å². The van der Waals surface area contributed by atoms with E-state index in [1.165, 1.54) is 32.4 Å². The van der Waals surface area contributed by atoms with Crippen molar-refractivity contribution in [2.45, 2.75) is 6.10 Å². The summed E-state index contributed by atoms with van der Waals surface area (Å²) in [4.78, 5) is 11.6. The minimum absolute atomic E-state index is 0.0217. The monoisotopic (exact) mass is 242 g/mol. The number of carbonyl (C=O) groups is 1. The summed E-state index contributed by atoms with van der Waals surface area (Å²) in [5.41, 5.74) is 5.36. The minimum Gasteiger partial charge on any atom is -0.497 e. The van der Waals surface area contributed by atoms with Crippen LogP contribution in [0.5, 0.6) is 5.75 Å². The number of nitrogens with one attached hydrogen (secondary N) is 1. The van der Waals surface area contributed by atoms with Gasteiger partial charge in [0.1, 0.15) is 17.7 Å². The summed E-state index contributed by atoms with van der Waals surface area (Å²) in [7, 11) is 2.82. The first kappa shape index (κ1) is 13.4. The number of rotatable bonds is 5. The molecule has 1 amide bonds. The number of benzene rings is 1. The van der Waals surface area contributed by atoms with Gasteiger partial charge in [0.25, 0.3) is 5.91 Å². The molecule has 0 aliphatic heterocycles. The average molecular weight is 242 g/mol. The van der Waals surface area contributed by atoms with Crippen molar-refractivity contribution in [1.82, 2.24) is 0 Å². The van der Waals surface area contributed by atoms with Crippen molar-refractivity contribution in [2.24, 2.45) is 5.73 Å². The van der Waals surface area contributed by atoms with Crippen molar-refractivity contribution in [3.63, 3.8) is 0 Å². The van der Waals surface area contributed by atoms with Crippen molar-refractivity contribution in [3.8, 4) is 5.75 Å². The van der Waals surface area contributed by atoms with Crippen LogP contribution in [0.3, 0.4) is 0 Å². The zero-order valence-corrected chi connectivity index (χ0v) is 9.70. The van der Waals surface area contributed by atoms with Crippen molar-refractivity contribution < 1.29 is 18.7 Å². The van der Waals surface area contributed by atoms with Gasteiger partial charge in [-0.25, -0.2) is 4.39 Å². The standard InChI is InChI=1S/C11H15FN2O3/c1-16-7-3-4-8(12)9(5-7)14-11(15)10(6-13)17-2/h3-5,10H,6,13H2,1-2H3,(H,14,15). The van der Waals surface area contributed by atoms with Crippen LogP contribution in [0.2, 0.25) is 0 Å². The third kappa shape index (κ3) is 3.40. The molecule has 0 aliphatic carbocycles. The van der Waals surface area contributed by atoms with Crippen LogP contribution in [0.25, 0.3) is 0 Å². The Balaban J connectivity index is 2.83. The van der Waals surface area contributed by atoms with Crippen molar-refractivity contribution in [1.29, 1.82) is 0 Å². The Bertz CT molecular complexity index is 394. The molecule has 0 saturated heterocycles. The van der Waals surface area contributed by atoms with Crippen LogP contribution in [0.4, 0.5) is 10.1 Å². The molecule has 0 fully saturated rings. The van der Waals surface area contributed by atoms with Gasteiger partial charge >= 0.3 is 0 Å². The Labute approximate surface area is 98.7 Å². The molecule has 6 heteroatoms. The number of ether oxygens (including phenoxy) is 2. The molecule has 1 aromatic rings. The van der Waals surface area contributed by atoms with E-state index in [1.807, 2.05) is 0 Å². The normalized spacial score (nSPS) is 12.0. The molecule has 94 valence electrons. The Hall–Kier alpha value is -1.66. The van der Waals surface area contributed by atoms with Crippen LogP contribution in [0.15, 0.2) is 18.2 Å². The fourth-order valence-corrected chi connectivity index (χ4v) is 1.25. The molecule has 0 bridgehead atoms. The zero-order valence-electron chi connectivity index (χ0n) is 9.70. The molecule has 0 spiro atoms. The van der Waals surface area contributed by atoms with Gasteiger partial charge in [0.05, 0.1) is 12.8 Å². The van der Waals surface area contributed by atoms with Gasteiger partial charge in [0.2, 0.25) is 0 Å². The molecular weight excluding hydrogens is 227 g/mol. The van der Waals surface area contributed by atoms with Crippen LogP contribution in [-0.2, 0) is 9.53 Å². The van der Waals surface area contributed by atoms with Gasteiger partial charge in [0, 0.05) is 19.7 Å². The Morgan fingerprint density at radius 3 is 2.76 bits per heavy atom. The maximum Gasteiger partial charge on any atom is 0.254 e. The maximum absolute atomic E-state index is 13.4. The number of amides is 1. The predicted molar refractivity (Wildman–Crippen MR) is 61.4 cm³/mol. The summed E-state index contributed by atoms with van der Waals surface area (Å²) in [6, 6.07) is 4.05. The van der Waals surface area contributed by atoms with Crippen LogP contribution in [0, 0.1) is 5.82 Å². The first-order chi connectivity index (χ1) is 8.12. The van der Waals surface area contributed by atoms with E-state index in [0.29, 0.717) is 5.75 Å². The van der Waals surface area contributed by atoms with Crippen LogP contribution in [0.1, 0.15) is 0 Å². The highest BCUT2D eigenvalue weighted by Gasteiger charge is 2.17. The van der Waals surface area contributed by atoms with Crippen LogP contribution >= 0.6 is 0 Å². The minimum atomic E-state index is -0.805.